The van der Waals surface area contributed by atoms with Gasteiger partial charge in [0.1, 0.15) is 0 Å². The molecule has 0 aliphatic carbocycles. The quantitative estimate of drug-likeness (QED) is 0.484. The van der Waals surface area contributed by atoms with Gasteiger partial charge >= 0.3 is 17.3 Å². The first-order valence-electron chi connectivity index (χ1n) is 2.77. The lowest BCUT2D eigenvalue weighted by atomic mass is 10.3. The molecule has 0 aliphatic heterocycles. The summed E-state index contributed by atoms with van der Waals surface area (Å²) in [5, 5.41) is 0. The van der Waals surface area contributed by atoms with Crippen molar-refractivity contribution in [2.24, 2.45) is 0 Å². The number of carbonyl (C=O) groups excluding carboxylic acids is 1. The fraction of sp³-hybridized carbons (Fsp3) is 0.500. The van der Waals surface area contributed by atoms with Crippen LogP contribution in [0.3, 0.4) is 0 Å². The fourth-order valence-electron chi connectivity index (χ4n) is 0.441. The summed E-state index contributed by atoms with van der Waals surface area (Å²) in [5.74, 6) is -1.30. The van der Waals surface area contributed by atoms with Gasteiger partial charge in [-0.05, 0) is 6.42 Å². The Morgan fingerprint density at radius 3 is 2.17 bits per heavy atom. The van der Waals surface area contributed by atoms with Gasteiger partial charge in [-0.15, -0.1) is 0 Å². The fourth-order valence-corrected chi connectivity index (χ4v) is 1.14. The zero-order valence-electron chi connectivity index (χ0n) is 6.01. The van der Waals surface area contributed by atoms with Gasteiger partial charge in [0, 0.05) is 0 Å². The third-order valence-corrected chi connectivity index (χ3v) is 2.05. The highest BCUT2D eigenvalue weighted by Gasteiger charge is 2.15. The molecule has 0 radical (unpaired) electrons. The molecule has 70 valence electrons. The summed E-state index contributed by atoms with van der Waals surface area (Å²) in [7, 11) is -2.70. The highest BCUT2D eigenvalue weighted by molar-refractivity contribution is 7.76. The van der Waals surface area contributed by atoms with E-state index in [0.717, 1.165) is 0 Å². The lowest BCUT2D eigenvalue weighted by molar-refractivity contribution is -0.126. The molecule has 1 N–H and O–H groups in total. The van der Waals surface area contributed by atoms with Crippen LogP contribution in [0.4, 0.5) is 0 Å². The Morgan fingerprint density at radius 1 is 1.42 bits per heavy atom. The van der Waals surface area contributed by atoms with Crippen molar-refractivity contribution in [2.75, 3.05) is 0 Å². The molecule has 0 spiro atoms. The van der Waals surface area contributed by atoms with Crippen molar-refractivity contribution in [3.8, 4) is 0 Å². The van der Waals surface area contributed by atoms with Crippen LogP contribution in [0.5, 0.6) is 0 Å². The standard InChI is InChI=1S/C4H6O6S2/c1-2-3(11(6)7)4(5)10-12(8)9/h2H2,1H3,(H,8,9). The molecule has 6 nitrogen and oxygen atoms in total. The number of hydrogen-bond donors (Lipinski definition) is 1. The predicted molar refractivity (Wildman–Crippen MR) is 41.1 cm³/mol. The molecule has 0 saturated heterocycles. The summed E-state index contributed by atoms with van der Waals surface area (Å²) in [5.41, 5.74) is 0. The Bertz CT molecular complexity index is 317. The molecule has 0 aromatic rings. The van der Waals surface area contributed by atoms with Gasteiger partial charge < -0.3 is 4.18 Å². The van der Waals surface area contributed by atoms with Gasteiger partial charge in [-0.2, -0.15) is 12.6 Å². The highest BCUT2D eigenvalue weighted by atomic mass is 32.2. The molecule has 0 aromatic carbocycles. The van der Waals surface area contributed by atoms with Crippen LogP contribution in [0.1, 0.15) is 13.3 Å². The third-order valence-electron chi connectivity index (χ3n) is 0.897. The Hall–Kier alpha value is -0.730. The van der Waals surface area contributed by atoms with Gasteiger partial charge in [-0.1, -0.05) is 6.92 Å². The van der Waals surface area contributed by atoms with Crippen LogP contribution in [0.25, 0.3) is 0 Å². The first-order valence-corrected chi connectivity index (χ1v) is 4.88. The zero-order valence-corrected chi connectivity index (χ0v) is 7.65. The van der Waals surface area contributed by atoms with E-state index in [4.69, 9.17) is 4.55 Å². The van der Waals surface area contributed by atoms with Crippen molar-refractivity contribution in [3.63, 3.8) is 0 Å². The van der Waals surface area contributed by atoms with Crippen LogP contribution in [0.15, 0.2) is 0 Å². The Morgan fingerprint density at radius 2 is 1.92 bits per heavy atom. The highest BCUT2D eigenvalue weighted by Crippen LogP contribution is 1.89. The van der Waals surface area contributed by atoms with Gasteiger partial charge in [0.15, 0.2) is 4.86 Å². The van der Waals surface area contributed by atoms with Crippen LogP contribution in [-0.2, 0) is 30.6 Å². The second kappa shape index (κ2) is 5.01. The molecule has 0 amide bonds. The number of hydrogen-bond acceptors (Lipinski definition) is 5. The average Bonchev–Trinajstić information content (AvgIpc) is 1.85. The molecule has 0 rings (SSSR count). The molecule has 0 heterocycles. The van der Waals surface area contributed by atoms with Gasteiger partial charge in [-0.3, -0.25) is 4.55 Å². The minimum atomic E-state index is -2.78. The van der Waals surface area contributed by atoms with E-state index in [0.29, 0.717) is 0 Å². The summed E-state index contributed by atoms with van der Waals surface area (Å²) in [4.78, 5) is 10.1. The molecule has 12 heavy (non-hydrogen) atoms. The lowest BCUT2D eigenvalue weighted by Crippen LogP contribution is -2.18. The first-order chi connectivity index (χ1) is 5.49. The molecule has 8 heteroatoms. The van der Waals surface area contributed by atoms with E-state index < -0.39 is 32.5 Å². The molecule has 0 saturated carbocycles. The molecule has 1 atom stereocenters. The van der Waals surface area contributed by atoms with Crippen LogP contribution < -0.4 is 0 Å². The smallest absolute Gasteiger partial charge is 0.338 e. The molecule has 0 aromatic heterocycles. The van der Waals surface area contributed by atoms with Crippen molar-refractivity contribution in [1.29, 1.82) is 0 Å². The average molecular weight is 214 g/mol. The molecule has 1 unspecified atom stereocenters. The van der Waals surface area contributed by atoms with E-state index >= 15 is 0 Å². The maximum atomic E-state index is 10.6. The van der Waals surface area contributed by atoms with E-state index in [9.17, 15) is 17.4 Å². The topological polar surface area (TPSA) is 97.7 Å². The van der Waals surface area contributed by atoms with E-state index in [2.05, 4.69) is 4.18 Å². The van der Waals surface area contributed by atoms with Crippen LogP contribution in [0, 0.1) is 0 Å². The Kier molecular flexibility index (Phi) is 4.71. The van der Waals surface area contributed by atoms with Crippen molar-refractivity contribution in [1.82, 2.24) is 0 Å². The molecule has 0 fully saturated rings. The van der Waals surface area contributed by atoms with Gasteiger partial charge in [-0.25, -0.2) is 4.79 Å². The maximum absolute atomic E-state index is 10.6. The van der Waals surface area contributed by atoms with E-state index in [1.807, 2.05) is 0 Å². The van der Waals surface area contributed by atoms with Gasteiger partial charge in [0.25, 0.3) is 0 Å². The third kappa shape index (κ3) is 3.60. The summed E-state index contributed by atoms with van der Waals surface area (Å²) < 4.78 is 42.2. The van der Waals surface area contributed by atoms with Crippen LogP contribution in [0.2, 0.25) is 0 Å². The lowest BCUT2D eigenvalue weighted by Gasteiger charge is -1.95. The largest absolute Gasteiger partial charge is 0.365 e. The maximum Gasteiger partial charge on any atom is 0.365 e. The normalized spacial score (nSPS) is 11.8. The van der Waals surface area contributed by atoms with E-state index in [1.54, 1.807) is 0 Å². The van der Waals surface area contributed by atoms with Gasteiger partial charge in [0.2, 0.25) is 10.3 Å². The number of carbonyl (C=O) groups is 1. The molecular weight excluding hydrogens is 208 g/mol. The summed E-state index contributed by atoms with van der Waals surface area (Å²) in [6.45, 7) is 1.41. The van der Waals surface area contributed by atoms with Crippen LogP contribution in [-0.4, -0.2) is 28.0 Å². The molecular formula is C4H6O6S2. The van der Waals surface area contributed by atoms with Crippen molar-refractivity contribution in [2.45, 2.75) is 13.3 Å². The van der Waals surface area contributed by atoms with Crippen molar-refractivity contribution < 1.29 is 26.2 Å². The Labute approximate surface area is 72.6 Å². The molecule has 0 bridgehead atoms. The minimum Gasteiger partial charge on any atom is -0.338 e. The Balaban J connectivity index is 4.70. The zero-order chi connectivity index (χ0) is 9.72. The minimum absolute atomic E-state index is 0.0772. The monoisotopic (exact) mass is 214 g/mol. The van der Waals surface area contributed by atoms with Gasteiger partial charge in [0.05, 0.1) is 0 Å². The summed E-state index contributed by atoms with van der Waals surface area (Å²) in [6, 6.07) is 0. The van der Waals surface area contributed by atoms with E-state index in [1.165, 1.54) is 6.92 Å². The summed E-state index contributed by atoms with van der Waals surface area (Å²) in [6.07, 6.45) is -0.0772. The second-order valence-electron chi connectivity index (χ2n) is 1.60. The molecule has 0 aliphatic rings. The SMILES string of the molecule is CCC(C(=O)OS(=O)O)=S(=O)=O. The first kappa shape index (κ1) is 11.3. The van der Waals surface area contributed by atoms with Crippen LogP contribution >= 0.6 is 0 Å². The van der Waals surface area contributed by atoms with Crippen molar-refractivity contribution >= 4 is 32.5 Å². The van der Waals surface area contributed by atoms with E-state index in [-0.39, 0.29) is 6.42 Å². The second-order valence-corrected chi connectivity index (χ2v) is 3.16. The van der Waals surface area contributed by atoms with Crippen molar-refractivity contribution in [3.05, 3.63) is 0 Å². The number of rotatable bonds is 3. The predicted octanol–water partition coefficient (Wildman–Crippen LogP) is -0.872. The summed E-state index contributed by atoms with van der Waals surface area (Å²) >= 11 is -2.78.